The molecule has 9 nitrogen and oxygen atoms in total. The quantitative estimate of drug-likeness (QED) is 0.364. The van der Waals surface area contributed by atoms with E-state index in [9.17, 15) is 23.8 Å². The summed E-state index contributed by atoms with van der Waals surface area (Å²) in [7, 11) is 0. The summed E-state index contributed by atoms with van der Waals surface area (Å²) < 4.78 is 31.9. The number of benzene rings is 1. The number of aliphatic hydroxyl groups excluding tert-OH is 1. The van der Waals surface area contributed by atoms with Crippen molar-refractivity contribution in [2.24, 2.45) is 11.8 Å². The second-order valence-corrected chi connectivity index (χ2v) is 11.2. The number of hydrogen-bond acceptors (Lipinski definition) is 7. The molecule has 3 aromatic rings. The molecule has 1 fully saturated rings. The van der Waals surface area contributed by atoms with Gasteiger partial charge in [-0.25, -0.2) is 18.6 Å². The summed E-state index contributed by atoms with van der Waals surface area (Å²) in [4.78, 5) is 23.8. The average Bonchev–Trinajstić information content (AvgIpc) is 3.10. The highest BCUT2D eigenvalue weighted by Crippen LogP contribution is 2.39. The third-order valence-electron chi connectivity index (χ3n) is 7.09. The molecule has 1 saturated heterocycles. The van der Waals surface area contributed by atoms with Crippen molar-refractivity contribution in [1.29, 1.82) is 0 Å². The van der Waals surface area contributed by atoms with Crippen molar-refractivity contribution in [1.82, 2.24) is 19.1 Å². The first kappa shape index (κ1) is 28.3. The van der Waals surface area contributed by atoms with Crippen LogP contribution < -0.4 is 15.9 Å². The number of anilines is 3. The Hall–Kier alpha value is -2.76. The molecular weight excluding hydrogens is 518 g/mol. The fourth-order valence-corrected chi connectivity index (χ4v) is 4.94. The van der Waals surface area contributed by atoms with E-state index in [-0.39, 0.29) is 30.4 Å². The van der Waals surface area contributed by atoms with Gasteiger partial charge in [-0.2, -0.15) is 4.98 Å². The van der Waals surface area contributed by atoms with Gasteiger partial charge in [0.1, 0.15) is 5.02 Å². The summed E-state index contributed by atoms with van der Waals surface area (Å²) in [5.74, 6) is -3.82. The normalized spacial score (nSPS) is 19.8. The molecule has 38 heavy (non-hydrogen) atoms. The topological polar surface area (TPSA) is 108 Å². The Balaban J connectivity index is 1.66. The molecule has 0 aliphatic carbocycles. The van der Waals surface area contributed by atoms with Crippen LogP contribution in [-0.4, -0.2) is 60.5 Å². The second kappa shape index (κ2) is 10.8. The first-order chi connectivity index (χ1) is 17.8. The molecule has 1 aliphatic heterocycles. The van der Waals surface area contributed by atoms with Gasteiger partial charge in [-0.15, -0.1) is 0 Å². The number of imidazole rings is 1. The smallest absolute Gasteiger partial charge is 0.329 e. The monoisotopic (exact) mass is 552 g/mol. The molecule has 0 amide bonds. The van der Waals surface area contributed by atoms with Crippen molar-refractivity contribution in [3.63, 3.8) is 0 Å². The van der Waals surface area contributed by atoms with Crippen LogP contribution in [0.2, 0.25) is 5.02 Å². The molecule has 3 heterocycles. The van der Waals surface area contributed by atoms with E-state index >= 15 is 0 Å². The molecular formula is C26H35ClF2N6O3. The second-order valence-electron chi connectivity index (χ2n) is 10.8. The van der Waals surface area contributed by atoms with E-state index in [1.54, 1.807) is 40.0 Å². The van der Waals surface area contributed by atoms with E-state index in [1.165, 1.54) is 20.0 Å². The standard InChI is InChI=1S/C26H35ClF2N6O3/c1-16-14-33(15-17(2)26(16,28)29)23-30-13-19(27)22(32-23)31-18-6-7-20-21(12-18)35(10-8-25(3,4)38)24(37)34(20)9-5-11-36/h6-7,12-13,16-17,36,38H,5,8-11,14-15H2,1-4H3,(H,30,31,32)/t16-,17+. The summed E-state index contributed by atoms with van der Waals surface area (Å²) in [5, 5.41) is 22.9. The minimum absolute atomic E-state index is 0.0385. The van der Waals surface area contributed by atoms with Gasteiger partial charge in [0.15, 0.2) is 5.82 Å². The predicted molar refractivity (Wildman–Crippen MR) is 145 cm³/mol. The third kappa shape index (κ3) is 5.79. The summed E-state index contributed by atoms with van der Waals surface area (Å²) >= 11 is 6.39. The molecule has 1 aromatic carbocycles. The molecule has 0 saturated carbocycles. The number of alkyl halides is 2. The molecule has 4 rings (SSSR count). The van der Waals surface area contributed by atoms with Crippen molar-refractivity contribution in [2.75, 3.05) is 29.9 Å². The molecule has 1 aliphatic rings. The number of nitrogens with zero attached hydrogens (tertiary/aromatic N) is 5. The van der Waals surface area contributed by atoms with Crippen LogP contribution in [0, 0.1) is 11.8 Å². The molecule has 0 radical (unpaired) electrons. The number of aromatic nitrogens is 4. The Kier molecular flexibility index (Phi) is 8.02. The lowest BCUT2D eigenvalue weighted by molar-refractivity contribution is -0.105. The number of hydrogen-bond donors (Lipinski definition) is 3. The van der Waals surface area contributed by atoms with Gasteiger partial charge in [0.25, 0.3) is 5.92 Å². The minimum atomic E-state index is -2.76. The van der Waals surface area contributed by atoms with Crippen LogP contribution in [0.5, 0.6) is 0 Å². The zero-order chi connectivity index (χ0) is 27.8. The van der Waals surface area contributed by atoms with Gasteiger partial charge >= 0.3 is 5.69 Å². The number of halogens is 3. The molecule has 12 heteroatoms. The number of fused-ring (bicyclic) bond motifs is 1. The molecule has 208 valence electrons. The fraction of sp³-hybridized carbons (Fsp3) is 0.577. The van der Waals surface area contributed by atoms with Gasteiger partial charge in [0, 0.05) is 50.3 Å². The van der Waals surface area contributed by atoms with Crippen LogP contribution in [0.4, 0.5) is 26.2 Å². The Labute approximate surface area is 225 Å². The van der Waals surface area contributed by atoms with Crippen molar-refractivity contribution >= 4 is 40.1 Å². The number of aliphatic hydroxyl groups is 2. The van der Waals surface area contributed by atoms with E-state index in [4.69, 9.17) is 11.6 Å². The zero-order valence-electron chi connectivity index (χ0n) is 22.1. The molecule has 0 unspecified atom stereocenters. The fourth-order valence-electron chi connectivity index (χ4n) is 4.81. The maximum atomic E-state index is 14.3. The van der Waals surface area contributed by atoms with Gasteiger partial charge in [-0.05, 0) is 44.9 Å². The van der Waals surface area contributed by atoms with Crippen molar-refractivity contribution in [3.05, 3.63) is 39.9 Å². The van der Waals surface area contributed by atoms with Crippen LogP contribution >= 0.6 is 11.6 Å². The molecule has 2 atom stereocenters. The lowest BCUT2D eigenvalue weighted by Gasteiger charge is -2.41. The van der Waals surface area contributed by atoms with Gasteiger partial charge in [-0.1, -0.05) is 25.4 Å². The minimum Gasteiger partial charge on any atom is -0.396 e. The summed E-state index contributed by atoms with van der Waals surface area (Å²) in [6.07, 6.45) is 2.25. The van der Waals surface area contributed by atoms with E-state index in [2.05, 4.69) is 15.3 Å². The van der Waals surface area contributed by atoms with Crippen molar-refractivity contribution in [3.8, 4) is 0 Å². The molecule has 0 spiro atoms. The Morgan fingerprint density at radius 1 is 1.16 bits per heavy atom. The predicted octanol–water partition coefficient (Wildman–Crippen LogP) is 4.26. The molecule has 3 N–H and O–H groups in total. The largest absolute Gasteiger partial charge is 0.396 e. The lowest BCUT2D eigenvalue weighted by atomic mass is 9.87. The van der Waals surface area contributed by atoms with E-state index in [0.29, 0.717) is 54.4 Å². The van der Waals surface area contributed by atoms with Gasteiger partial charge in [0.05, 0.1) is 22.8 Å². The Morgan fingerprint density at radius 3 is 2.45 bits per heavy atom. The summed E-state index contributed by atoms with van der Waals surface area (Å²) in [6, 6.07) is 5.41. The van der Waals surface area contributed by atoms with Gasteiger partial charge < -0.3 is 20.4 Å². The number of nitrogens with one attached hydrogen (secondary N) is 1. The van der Waals surface area contributed by atoms with Crippen molar-refractivity contribution in [2.45, 2.75) is 65.1 Å². The van der Waals surface area contributed by atoms with E-state index < -0.39 is 23.4 Å². The van der Waals surface area contributed by atoms with Crippen molar-refractivity contribution < 1.29 is 19.0 Å². The third-order valence-corrected chi connectivity index (χ3v) is 7.36. The highest BCUT2D eigenvalue weighted by molar-refractivity contribution is 6.32. The average molecular weight is 553 g/mol. The maximum Gasteiger partial charge on any atom is 0.329 e. The van der Waals surface area contributed by atoms with Gasteiger partial charge in [-0.3, -0.25) is 9.13 Å². The lowest BCUT2D eigenvalue weighted by Crippen LogP contribution is -2.52. The molecule has 2 aromatic heterocycles. The van der Waals surface area contributed by atoms with Crippen LogP contribution in [-0.2, 0) is 13.1 Å². The number of aryl methyl sites for hydroxylation is 2. The Morgan fingerprint density at radius 2 is 1.82 bits per heavy atom. The molecule has 0 bridgehead atoms. The first-order valence-corrected chi connectivity index (χ1v) is 13.2. The zero-order valence-corrected chi connectivity index (χ0v) is 22.8. The first-order valence-electron chi connectivity index (χ1n) is 12.8. The van der Waals surface area contributed by atoms with Crippen LogP contribution in [0.1, 0.15) is 40.5 Å². The van der Waals surface area contributed by atoms with Crippen LogP contribution in [0.3, 0.4) is 0 Å². The van der Waals surface area contributed by atoms with Crippen LogP contribution in [0.25, 0.3) is 11.0 Å². The van der Waals surface area contributed by atoms with Crippen LogP contribution in [0.15, 0.2) is 29.2 Å². The van der Waals surface area contributed by atoms with E-state index in [0.717, 1.165) is 0 Å². The van der Waals surface area contributed by atoms with E-state index in [1.807, 2.05) is 6.07 Å². The number of piperidine rings is 1. The SMILES string of the molecule is C[C@@H]1CN(c2ncc(Cl)c(Nc3ccc4c(c3)n(CCC(C)(C)O)c(=O)n4CCCO)n2)C[C@H](C)C1(F)F. The maximum absolute atomic E-state index is 14.3. The van der Waals surface area contributed by atoms with Gasteiger partial charge in [0.2, 0.25) is 5.95 Å². The summed E-state index contributed by atoms with van der Waals surface area (Å²) in [6.45, 7) is 7.31. The summed E-state index contributed by atoms with van der Waals surface area (Å²) in [5.41, 5.74) is 0.812. The highest BCUT2D eigenvalue weighted by atomic mass is 35.5. The Bertz CT molecular complexity index is 1340. The highest BCUT2D eigenvalue weighted by Gasteiger charge is 2.47. The number of rotatable bonds is 9.